The molecule has 0 unspecified atom stereocenters. The number of hydrogen-bond donors (Lipinski definition) is 2. The Morgan fingerprint density at radius 3 is 2.85 bits per heavy atom. The van der Waals surface area contributed by atoms with Gasteiger partial charge in [-0.1, -0.05) is 12.1 Å². The first kappa shape index (κ1) is 17.0. The summed E-state index contributed by atoms with van der Waals surface area (Å²) in [5.74, 6) is -1.24. The minimum Gasteiger partial charge on any atom is -0.476 e. The van der Waals surface area contributed by atoms with Crippen LogP contribution in [-0.2, 0) is 24.3 Å². The molecule has 3 heterocycles. The number of aromatic nitrogens is 3. The van der Waals surface area contributed by atoms with E-state index in [0.717, 1.165) is 5.69 Å². The highest BCUT2D eigenvalue weighted by Gasteiger charge is 2.27. The number of rotatable bonds is 3. The van der Waals surface area contributed by atoms with E-state index in [-0.39, 0.29) is 30.1 Å². The van der Waals surface area contributed by atoms with Crippen LogP contribution in [-0.4, -0.2) is 43.2 Å². The Kier molecular flexibility index (Phi) is 4.02. The number of aromatic carboxylic acids is 1. The molecule has 8 heteroatoms. The van der Waals surface area contributed by atoms with E-state index in [9.17, 15) is 19.5 Å². The van der Waals surface area contributed by atoms with Crippen LogP contribution in [0.4, 0.5) is 0 Å². The predicted molar refractivity (Wildman–Crippen MR) is 97.6 cm³/mol. The van der Waals surface area contributed by atoms with Gasteiger partial charge in [-0.05, 0) is 19.1 Å². The number of aromatic amines is 1. The number of carboxylic acids is 1. The molecule has 0 atom stereocenters. The molecular weight excluding hydrogens is 348 g/mol. The molecule has 1 aliphatic heterocycles. The van der Waals surface area contributed by atoms with Gasteiger partial charge in [0.25, 0.3) is 0 Å². The lowest BCUT2D eigenvalue weighted by Gasteiger charge is -2.28. The SMILES string of the molecule is Cc1cc(=O)c2ccccc2n1CC(=O)N1CCc2[nH]nc(C(=O)O)c2C1. The Hall–Kier alpha value is -3.42. The maximum absolute atomic E-state index is 12.9. The van der Waals surface area contributed by atoms with Crippen LogP contribution in [0.25, 0.3) is 10.9 Å². The number of para-hydroxylation sites is 1. The number of carboxylic acid groups (broad SMARTS) is 1. The molecule has 138 valence electrons. The number of H-pyrrole nitrogens is 1. The minimum absolute atomic E-state index is 0.0347. The van der Waals surface area contributed by atoms with E-state index < -0.39 is 5.97 Å². The Balaban J connectivity index is 1.64. The molecule has 2 aromatic heterocycles. The number of carbonyl (C=O) groups is 2. The second-order valence-electron chi connectivity index (χ2n) is 6.65. The van der Waals surface area contributed by atoms with Gasteiger partial charge in [0.05, 0.1) is 5.52 Å². The number of hydrogen-bond acceptors (Lipinski definition) is 4. The summed E-state index contributed by atoms with van der Waals surface area (Å²) in [5, 5.41) is 16.4. The third-order valence-electron chi connectivity index (χ3n) is 5.01. The van der Waals surface area contributed by atoms with Gasteiger partial charge in [-0.2, -0.15) is 5.10 Å². The molecule has 0 fully saturated rings. The first-order chi connectivity index (χ1) is 13.0. The van der Waals surface area contributed by atoms with Gasteiger partial charge in [0.1, 0.15) is 6.54 Å². The number of amides is 1. The van der Waals surface area contributed by atoms with Crippen LogP contribution in [0.5, 0.6) is 0 Å². The van der Waals surface area contributed by atoms with Gasteiger partial charge in [0, 0.05) is 47.9 Å². The molecule has 1 aromatic carbocycles. The molecule has 0 radical (unpaired) electrons. The number of aryl methyl sites for hydroxylation is 1. The highest BCUT2D eigenvalue weighted by Crippen LogP contribution is 2.21. The summed E-state index contributed by atoms with van der Waals surface area (Å²) in [6, 6.07) is 8.73. The Bertz CT molecular complexity index is 1130. The van der Waals surface area contributed by atoms with Crippen molar-refractivity contribution in [2.45, 2.75) is 26.4 Å². The molecule has 1 aliphatic rings. The van der Waals surface area contributed by atoms with Gasteiger partial charge in [0.2, 0.25) is 5.91 Å². The molecule has 0 bridgehead atoms. The monoisotopic (exact) mass is 366 g/mol. The van der Waals surface area contributed by atoms with Gasteiger partial charge in [-0.3, -0.25) is 14.7 Å². The van der Waals surface area contributed by atoms with Crippen molar-refractivity contribution in [3.8, 4) is 0 Å². The van der Waals surface area contributed by atoms with Crippen LogP contribution in [0.15, 0.2) is 35.1 Å². The Labute approximate surface area is 154 Å². The molecule has 0 saturated heterocycles. The first-order valence-corrected chi connectivity index (χ1v) is 8.62. The minimum atomic E-state index is -1.11. The average Bonchev–Trinajstić information content (AvgIpc) is 3.08. The fourth-order valence-corrected chi connectivity index (χ4v) is 3.58. The van der Waals surface area contributed by atoms with Crippen LogP contribution in [0, 0.1) is 6.92 Å². The van der Waals surface area contributed by atoms with E-state index in [4.69, 9.17) is 0 Å². The van der Waals surface area contributed by atoms with Gasteiger partial charge in [-0.25, -0.2) is 4.79 Å². The summed E-state index contributed by atoms with van der Waals surface area (Å²) >= 11 is 0. The molecule has 0 spiro atoms. The second-order valence-corrected chi connectivity index (χ2v) is 6.65. The molecule has 0 aliphatic carbocycles. The van der Waals surface area contributed by atoms with Crippen LogP contribution in [0.1, 0.15) is 27.4 Å². The van der Waals surface area contributed by atoms with E-state index >= 15 is 0 Å². The number of nitrogens with zero attached hydrogens (tertiary/aromatic N) is 3. The molecule has 1 amide bonds. The highest BCUT2D eigenvalue weighted by atomic mass is 16.4. The van der Waals surface area contributed by atoms with Gasteiger partial charge >= 0.3 is 5.97 Å². The lowest BCUT2D eigenvalue weighted by Crippen LogP contribution is -2.38. The first-order valence-electron chi connectivity index (χ1n) is 8.62. The molecule has 27 heavy (non-hydrogen) atoms. The topological polar surface area (TPSA) is 108 Å². The molecule has 8 nitrogen and oxygen atoms in total. The fourth-order valence-electron chi connectivity index (χ4n) is 3.58. The fraction of sp³-hybridized carbons (Fsp3) is 0.263. The summed E-state index contributed by atoms with van der Waals surface area (Å²) in [5.41, 5.74) is 2.64. The third kappa shape index (κ3) is 2.88. The molecule has 2 N–H and O–H groups in total. The predicted octanol–water partition coefficient (Wildman–Crippen LogP) is 1.32. The van der Waals surface area contributed by atoms with Crippen molar-refractivity contribution in [1.82, 2.24) is 19.7 Å². The number of pyridine rings is 1. The van der Waals surface area contributed by atoms with Crippen molar-refractivity contribution < 1.29 is 14.7 Å². The quantitative estimate of drug-likeness (QED) is 0.727. The van der Waals surface area contributed by atoms with Gasteiger partial charge < -0.3 is 14.6 Å². The number of fused-ring (bicyclic) bond motifs is 2. The standard InChI is InChI=1S/C19H18N4O4/c1-11-8-16(24)12-4-2-3-5-15(12)23(11)10-17(25)22-7-6-14-13(9-22)18(19(26)27)21-20-14/h2-5,8H,6-7,9-10H2,1H3,(H,20,21)(H,26,27). The van der Waals surface area contributed by atoms with Crippen LogP contribution in [0.3, 0.4) is 0 Å². The summed E-state index contributed by atoms with van der Waals surface area (Å²) in [4.78, 5) is 38.0. The van der Waals surface area contributed by atoms with Crippen molar-refractivity contribution in [1.29, 1.82) is 0 Å². The summed E-state index contributed by atoms with van der Waals surface area (Å²) in [6.07, 6.45) is 0.533. The largest absolute Gasteiger partial charge is 0.476 e. The van der Waals surface area contributed by atoms with E-state index in [1.54, 1.807) is 24.0 Å². The second kappa shape index (κ2) is 6.39. The summed E-state index contributed by atoms with van der Waals surface area (Å²) in [7, 11) is 0. The lowest BCUT2D eigenvalue weighted by atomic mass is 10.1. The van der Waals surface area contributed by atoms with Crippen LogP contribution >= 0.6 is 0 Å². The smallest absolute Gasteiger partial charge is 0.356 e. The zero-order valence-corrected chi connectivity index (χ0v) is 14.7. The average molecular weight is 366 g/mol. The van der Waals surface area contributed by atoms with Gasteiger partial charge in [-0.15, -0.1) is 0 Å². The maximum atomic E-state index is 12.9. The highest BCUT2D eigenvalue weighted by molar-refractivity contribution is 5.88. The van der Waals surface area contributed by atoms with E-state index in [2.05, 4.69) is 10.2 Å². The van der Waals surface area contributed by atoms with Crippen molar-refractivity contribution >= 4 is 22.8 Å². The third-order valence-corrected chi connectivity index (χ3v) is 5.01. The van der Waals surface area contributed by atoms with Gasteiger partial charge in [0.15, 0.2) is 11.1 Å². The molecule has 4 rings (SSSR count). The van der Waals surface area contributed by atoms with Crippen molar-refractivity contribution in [3.63, 3.8) is 0 Å². The van der Waals surface area contributed by atoms with Crippen LogP contribution in [0.2, 0.25) is 0 Å². The Morgan fingerprint density at radius 1 is 1.30 bits per heavy atom. The summed E-state index contributed by atoms with van der Waals surface area (Å²) in [6.45, 7) is 2.59. The van der Waals surface area contributed by atoms with E-state index in [1.807, 2.05) is 16.7 Å². The summed E-state index contributed by atoms with van der Waals surface area (Å²) < 4.78 is 1.82. The lowest BCUT2D eigenvalue weighted by molar-refractivity contribution is -0.132. The molecular formula is C19H18N4O4. The Morgan fingerprint density at radius 2 is 2.07 bits per heavy atom. The zero-order chi connectivity index (χ0) is 19.1. The van der Waals surface area contributed by atoms with Crippen molar-refractivity contribution in [2.24, 2.45) is 0 Å². The van der Waals surface area contributed by atoms with Crippen molar-refractivity contribution in [2.75, 3.05) is 6.54 Å². The normalized spacial score (nSPS) is 13.6. The van der Waals surface area contributed by atoms with Crippen LogP contribution < -0.4 is 5.43 Å². The number of nitrogens with one attached hydrogen (secondary N) is 1. The number of benzene rings is 1. The zero-order valence-electron chi connectivity index (χ0n) is 14.7. The molecule has 3 aromatic rings. The van der Waals surface area contributed by atoms with Crippen molar-refractivity contribution in [3.05, 3.63) is 63.2 Å². The molecule has 0 saturated carbocycles. The number of carbonyl (C=O) groups excluding carboxylic acids is 1. The maximum Gasteiger partial charge on any atom is 0.356 e. The van der Waals surface area contributed by atoms with E-state index in [1.165, 1.54) is 6.07 Å². The van der Waals surface area contributed by atoms with E-state index in [0.29, 0.717) is 35.1 Å².